The molecule has 7 heteroatoms. The highest BCUT2D eigenvalue weighted by atomic mass is 16.5. The molecule has 0 radical (unpaired) electrons. The summed E-state index contributed by atoms with van der Waals surface area (Å²) in [6.07, 6.45) is 2.49. The quantitative estimate of drug-likeness (QED) is 0.440. The summed E-state index contributed by atoms with van der Waals surface area (Å²) in [5.74, 6) is -0.0176. The zero-order chi connectivity index (χ0) is 21.8. The molecule has 160 valence electrons. The van der Waals surface area contributed by atoms with Crippen molar-refractivity contribution >= 4 is 23.7 Å². The fourth-order valence-electron chi connectivity index (χ4n) is 2.76. The zero-order valence-electron chi connectivity index (χ0n) is 17.9. The van der Waals surface area contributed by atoms with Crippen molar-refractivity contribution in [3.05, 3.63) is 59.7 Å². The van der Waals surface area contributed by atoms with E-state index in [1.807, 2.05) is 31.2 Å². The van der Waals surface area contributed by atoms with Gasteiger partial charge in [-0.25, -0.2) is 5.43 Å². The summed E-state index contributed by atoms with van der Waals surface area (Å²) in [7, 11) is 0. The highest BCUT2D eigenvalue weighted by molar-refractivity contribution is 5.96. The molecule has 0 aromatic heterocycles. The van der Waals surface area contributed by atoms with Crippen LogP contribution in [0, 0.1) is 0 Å². The molecular formula is C23H30N4O3. The lowest BCUT2D eigenvalue weighted by atomic mass is 10.2. The molecule has 0 heterocycles. The van der Waals surface area contributed by atoms with Gasteiger partial charge in [0.2, 0.25) is 0 Å². The van der Waals surface area contributed by atoms with Crippen molar-refractivity contribution in [2.45, 2.75) is 27.2 Å². The van der Waals surface area contributed by atoms with Crippen LogP contribution in [-0.2, 0) is 4.79 Å². The molecule has 2 N–H and O–H groups in total. The van der Waals surface area contributed by atoms with E-state index in [-0.39, 0.29) is 12.5 Å². The van der Waals surface area contributed by atoms with Crippen LogP contribution < -0.4 is 20.4 Å². The maximum Gasteiger partial charge on any atom is 0.259 e. The fourth-order valence-corrected chi connectivity index (χ4v) is 2.76. The van der Waals surface area contributed by atoms with Gasteiger partial charge in [0.15, 0.2) is 0 Å². The van der Waals surface area contributed by atoms with E-state index in [1.165, 1.54) is 0 Å². The molecular weight excluding hydrogens is 380 g/mol. The average molecular weight is 411 g/mol. The van der Waals surface area contributed by atoms with Crippen molar-refractivity contribution in [2.75, 3.05) is 31.1 Å². The highest BCUT2D eigenvalue weighted by Crippen LogP contribution is 2.14. The van der Waals surface area contributed by atoms with Gasteiger partial charge < -0.3 is 15.0 Å². The molecule has 2 aromatic carbocycles. The van der Waals surface area contributed by atoms with Gasteiger partial charge >= 0.3 is 0 Å². The van der Waals surface area contributed by atoms with E-state index in [0.29, 0.717) is 17.9 Å². The van der Waals surface area contributed by atoms with Gasteiger partial charge in [-0.3, -0.25) is 9.59 Å². The van der Waals surface area contributed by atoms with Crippen LogP contribution in [0.5, 0.6) is 5.75 Å². The van der Waals surface area contributed by atoms with Gasteiger partial charge in [-0.2, -0.15) is 5.10 Å². The van der Waals surface area contributed by atoms with E-state index in [9.17, 15) is 9.59 Å². The third-order valence-electron chi connectivity index (χ3n) is 4.42. The minimum absolute atomic E-state index is 0.162. The Balaban J connectivity index is 1.77. The van der Waals surface area contributed by atoms with Crippen molar-refractivity contribution in [2.24, 2.45) is 5.10 Å². The van der Waals surface area contributed by atoms with E-state index < -0.39 is 5.91 Å². The summed E-state index contributed by atoms with van der Waals surface area (Å²) < 4.78 is 5.48. The lowest BCUT2D eigenvalue weighted by Gasteiger charge is -2.20. The number of carbonyl (C=O) groups excluding carboxylic acids is 2. The van der Waals surface area contributed by atoms with Crippen molar-refractivity contribution in [1.29, 1.82) is 0 Å². The number of carbonyl (C=O) groups is 2. The largest absolute Gasteiger partial charge is 0.494 e. The summed E-state index contributed by atoms with van der Waals surface area (Å²) in [6, 6.07) is 14.7. The molecule has 0 fully saturated rings. The predicted molar refractivity (Wildman–Crippen MR) is 120 cm³/mol. The van der Waals surface area contributed by atoms with Crippen LogP contribution in [0.1, 0.15) is 43.1 Å². The minimum Gasteiger partial charge on any atom is -0.494 e. The van der Waals surface area contributed by atoms with Gasteiger partial charge in [-0.15, -0.1) is 0 Å². The second kappa shape index (κ2) is 12.3. The Morgan fingerprint density at radius 2 is 1.67 bits per heavy atom. The van der Waals surface area contributed by atoms with E-state index in [0.717, 1.165) is 30.8 Å². The monoisotopic (exact) mass is 410 g/mol. The smallest absolute Gasteiger partial charge is 0.259 e. The first-order valence-electron chi connectivity index (χ1n) is 10.2. The molecule has 2 aromatic rings. The van der Waals surface area contributed by atoms with E-state index in [2.05, 4.69) is 34.6 Å². The molecule has 30 heavy (non-hydrogen) atoms. The summed E-state index contributed by atoms with van der Waals surface area (Å²) in [6.45, 7) is 8.62. The molecule has 0 unspecified atom stereocenters. The molecule has 0 aliphatic rings. The Bertz CT molecular complexity index is 829. The van der Waals surface area contributed by atoms with Gasteiger partial charge in [0.1, 0.15) is 5.75 Å². The summed E-state index contributed by atoms with van der Waals surface area (Å²) >= 11 is 0. The molecule has 0 saturated heterocycles. The number of hydrogen-bond acceptors (Lipinski definition) is 5. The summed E-state index contributed by atoms with van der Waals surface area (Å²) in [5.41, 5.74) is 4.90. The minimum atomic E-state index is -0.401. The van der Waals surface area contributed by atoms with Crippen LogP contribution in [-0.4, -0.2) is 44.3 Å². The Kier molecular flexibility index (Phi) is 9.37. The topological polar surface area (TPSA) is 83.0 Å². The molecule has 7 nitrogen and oxygen atoms in total. The number of anilines is 1. The Morgan fingerprint density at radius 3 is 2.27 bits per heavy atom. The lowest BCUT2D eigenvalue weighted by molar-refractivity contribution is -0.120. The van der Waals surface area contributed by atoms with Crippen LogP contribution in [0.25, 0.3) is 0 Å². The van der Waals surface area contributed by atoms with Crippen molar-refractivity contribution in [1.82, 2.24) is 10.7 Å². The number of benzene rings is 2. The molecule has 2 amide bonds. The average Bonchev–Trinajstić information content (AvgIpc) is 2.78. The SMILES string of the molecule is CCCOc1ccc(C(=O)NCC(=O)N/N=C\c2ccc(N(CC)CC)cc2)cc1. The standard InChI is InChI=1S/C23H30N4O3/c1-4-15-30-21-13-9-19(10-14-21)23(29)24-17-22(28)26-25-16-18-7-11-20(12-8-18)27(5-2)6-3/h7-14,16H,4-6,15,17H2,1-3H3,(H,24,29)(H,26,28)/b25-16-. The number of hydrogen-bond donors (Lipinski definition) is 2. The van der Waals surface area contributed by atoms with Crippen LogP contribution in [0.3, 0.4) is 0 Å². The van der Waals surface area contributed by atoms with Crippen molar-refractivity contribution < 1.29 is 14.3 Å². The third kappa shape index (κ3) is 7.24. The van der Waals surface area contributed by atoms with Gasteiger partial charge in [-0.1, -0.05) is 19.1 Å². The molecule has 0 atom stereocenters. The Labute approximate surface area is 178 Å². The molecule has 0 aliphatic heterocycles. The van der Waals surface area contributed by atoms with Gasteiger partial charge in [0.05, 0.1) is 19.4 Å². The van der Waals surface area contributed by atoms with Gasteiger partial charge in [0.25, 0.3) is 11.8 Å². The molecule has 0 aliphatic carbocycles. The van der Waals surface area contributed by atoms with Crippen molar-refractivity contribution in [3.8, 4) is 5.75 Å². The Morgan fingerprint density at radius 1 is 1.00 bits per heavy atom. The number of nitrogens with zero attached hydrogens (tertiary/aromatic N) is 2. The molecule has 2 rings (SSSR count). The maximum atomic E-state index is 12.1. The van der Waals surface area contributed by atoms with E-state index >= 15 is 0 Å². The molecule has 0 saturated carbocycles. The van der Waals surface area contributed by atoms with E-state index in [1.54, 1.807) is 30.5 Å². The number of amides is 2. The molecule has 0 spiro atoms. The van der Waals surface area contributed by atoms with Crippen LogP contribution in [0.15, 0.2) is 53.6 Å². The second-order valence-electron chi connectivity index (χ2n) is 6.61. The first kappa shape index (κ1) is 22.9. The predicted octanol–water partition coefficient (Wildman–Crippen LogP) is 3.20. The van der Waals surface area contributed by atoms with Crippen molar-refractivity contribution in [3.63, 3.8) is 0 Å². The normalized spacial score (nSPS) is 10.6. The first-order valence-corrected chi connectivity index (χ1v) is 10.2. The zero-order valence-corrected chi connectivity index (χ0v) is 17.9. The van der Waals surface area contributed by atoms with Crippen LogP contribution in [0.4, 0.5) is 5.69 Å². The number of ether oxygens (including phenoxy) is 1. The summed E-state index contributed by atoms with van der Waals surface area (Å²) in [4.78, 5) is 26.3. The van der Waals surface area contributed by atoms with Crippen LogP contribution >= 0.6 is 0 Å². The van der Waals surface area contributed by atoms with E-state index in [4.69, 9.17) is 4.74 Å². The Hall–Kier alpha value is -3.35. The number of nitrogens with one attached hydrogen (secondary N) is 2. The number of rotatable bonds is 11. The highest BCUT2D eigenvalue weighted by Gasteiger charge is 2.08. The second-order valence-corrected chi connectivity index (χ2v) is 6.61. The summed E-state index contributed by atoms with van der Waals surface area (Å²) in [5, 5.41) is 6.51. The maximum absolute atomic E-state index is 12.1. The lowest BCUT2D eigenvalue weighted by Crippen LogP contribution is -2.34. The first-order chi connectivity index (χ1) is 14.6. The van der Waals surface area contributed by atoms with Crippen LogP contribution in [0.2, 0.25) is 0 Å². The van der Waals surface area contributed by atoms with Gasteiger partial charge in [0, 0.05) is 24.3 Å². The number of hydrazone groups is 1. The third-order valence-corrected chi connectivity index (χ3v) is 4.42. The molecule has 0 bridgehead atoms. The van der Waals surface area contributed by atoms with Gasteiger partial charge in [-0.05, 0) is 62.2 Å². The fraction of sp³-hybridized carbons (Fsp3) is 0.348.